The largest absolute Gasteiger partial charge is 0.316 e. The van der Waals surface area contributed by atoms with Crippen LogP contribution >= 0.6 is 15.9 Å². The summed E-state index contributed by atoms with van der Waals surface area (Å²) in [5, 5.41) is 0. The van der Waals surface area contributed by atoms with Crippen molar-refractivity contribution >= 4 is 15.9 Å². The maximum Gasteiger partial charge on any atom is 0.177 e. The van der Waals surface area contributed by atoms with Crippen LogP contribution < -0.4 is 0 Å². The summed E-state index contributed by atoms with van der Waals surface area (Å²) in [6.07, 6.45) is 5.46. The summed E-state index contributed by atoms with van der Waals surface area (Å²) >= 11 is 3.45. The van der Waals surface area contributed by atoms with Crippen molar-refractivity contribution in [3.8, 4) is 11.3 Å². The molecule has 4 heteroatoms. The molecule has 3 nitrogen and oxygen atoms in total. The summed E-state index contributed by atoms with van der Waals surface area (Å²) in [5.74, 6) is 0. The molecular formula is C11H12BrN3. The van der Waals surface area contributed by atoms with E-state index in [4.69, 9.17) is 0 Å². The number of rotatable bonds is 2. The van der Waals surface area contributed by atoms with Gasteiger partial charge in [0.1, 0.15) is 0 Å². The van der Waals surface area contributed by atoms with Gasteiger partial charge in [0, 0.05) is 24.0 Å². The number of pyridine rings is 1. The second kappa shape index (κ2) is 4.14. The number of aromatic nitrogens is 3. The fourth-order valence-electron chi connectivity index (χ4n) is 1.57. The van der Waals surface area contributed by atoms with E-state index in [-0.39, 0.29) is 0 Å². The number of halogens is 1. The van der Waals surface area contributed by atoms with E-state index < -0.39 is 0 Å². The van der Waals surface area contributed by atoms with Gasteiger partial charge in [0.2, 0.25) is 0 Å². The molecule has 2 aromatic heterocycles. The highest BCUT2D eigenvalue weighted by Gasteiger charge is 2.11. The van der Waals surface area contributed by atoms with Crippen molar-refractivity contribution in [2.45, 2.75) is 19.9 Å². The van der Waals surface area contributed by atoms with Crippen molar-refractivity contribution < 1.29 is 0 Å². The monoisotopic (exact) mass is 265 g/mol. The van der Waals surface area contributed by atoms with Crippen molar-refractivity contribution in [1.29, 1.82) is 0 Å². The van der Waals surface area contributed by atoms with E-state index in [2.05, 4.69) is 44.3 Å². The fourth-order valence-corrected chi connectivity index (χ4v) is 2.27. The number of nitrogens with zero attached hydrogens (tertiary/aromatic N) is 3. The standard InChI is InChI=1S/C11H12BrN3/c1-8(2)15-10(7-14-11(15)12)9-3-5-13-6-4-9/h3-8H,1-2H3. The van der Waals surface area contributed by atoms with E-state index in [1.54, 1.807) is 12.4 Å². The third-order valence-corrected chi connectivity index (χ3v) is 2.83. The molecular weight excluding hydrogens is 254 g/mol. The van der Waals surface area contributed by atoms with Crippen LogP contribution in [0.3, 0.4) is 0 Å². The maximum atomic E-state index is 4.27. The Balaban J connectivity index is 2.54. The van der Waals surface area contributed by atoms with Gasteiger partial charge in [-0.1, -0.05) is 0 Å². The number of hydrogen-bond acceptors (Lipinski definition) is 2. The van der Waals surface area contributed by atoms with Crippen LogP contribution in [-0.2, 0) is 0 Å². The Bertz CT molecular complexity index is 448. The highest BCUT2D eigenvalue weighted by atomic mass is 79.9. The minimum absolute atomic E-state index is 0.380. The zero-order valence-corrected chi connectivity index (χ0v) is 10.3. The lowest BCUT2D eigenvalue weighted by Crippen LogP contribution is -2.02. The summed E-state index contributed by atoms with van der Waals surface area (Å²) in [6, 6.07) is 4.36. The van der Waals surface area contributed by atoms with E-state index in [1.165, 1.54) is 0 Å². The van der Waals surface area contributed by atoms with Crippen LogP contribution in [0.2, 0.25) is 0 Å². The van der Waals surface area contributed by atoms with Crippen LogP contribution in [0, 0.1) is 0 Å². The van der Waals surface area contributed by atoms with Crippen molar-refractivity contribution in [2.75, 3.05) is 0 Å². The third-order valence-electron chi connectivity index (χ3n) is 2.24. The van der Waals surface area contributed by atoms with Gasteiger partial charge in [-0.05, 0) is 41.9 Å². The van der Waals surface area contributed by atoms with Crippen LogP contribution in [0.5, 0.6) is 0 Å². The van der Waals surface area contributed by atoms with E-state index in [0.717, 1.165) is 16.0 Å². The van der Waals surface area contributed by atoms with Crippen LogP contribution in [-0.4, -0.2) is 14.5 Å². The molecule has 0 aromatic carbocycles. The lowest BCUT2D eigenvalue weighted by molar-refractivity contribution is 0.592. The molecule has 2 rings (SSSR count). The molecule has 0 N–H and O–H groups in total. The molecule has 0 aliphatic heterocycles. The Kier molecular flexibility index (Phi) is 2.86. The van der Waals surface area contributed by atoms with E-state index in [0.29, 0.717) is 6.04 Å². The highest BCUT2D eigenvalue weighted by molar-refractivity contribution is 9.10. The number of imidazole rings is 1. The molecule has 0 bridgehead atoms. The molecule has 0 fully saturated rings. The molecule has 15 heavy (non-hydrogen) atoms. The third kappa shape index (κ3) is 1.95. The van der Waals surface area contributed by atoms with Gasteiger partial charge in [0.05, 0.1) is 11.9 Å². The molecule has 2 heterocycles. The first-order valence-corrected chi connectivity index (χ1v) is 5.62. The smallest absolute Gasteiger partial charge is 0.177 e. The van der Waals surface area contributed by atoms with Gasteiger partial charge in [-0.15, -0.1) is 0 Å². The zero-order chi connectivity index (χ0) is 10.8. The average molecular weight is 266 g/mol. The first-order valence-electron chi connectivity index (χ1n) is 4.83. The molecule has 0 amide bonds. The summed E-state index contributed by atoms with van der Waals surface area (Å²) < 4.78 is 3.01. The van der Waals surface area contributed by atoms with Gasteiger partial charge in [-0.2, -0.15) is 0 Å². The molecule has 0 spiro atoms. The van der Waals surface area contributed by atoms with E-state index in [1.807, 2.05) is 18.3 Å². The second-order valence-electron chi connectivity index (χ2n) is 3.61. The predicted octanol–water partition coefficient (Wildman–Crippen LogP) is 3.29. The Hall–Kier alpha value is -1.16. The van der Waals surface area contributed by atoms with Crippen molar-refractivity contribution in [2.24, 2.45) is 0 Å². The summed E-state index contributed by atoms with van der Waals surface area (Å²) in [7, 11) is 0. The van der Waals surface area contributed by atoms with Gasteiger partial charge in [-0.25, -0.2) is 4.98 Å². The second-order valence-corrected chi connectivity index (χ2v) is 4.32. The van der Waals surface area contributed by atoms with Crippen LogP contribution in [0.1, 0.15) is 19.9 Å². The lowest BCUT2D eigenvalue weighted by atomic mass is 10.2. The Morgan fingerprint density at radius 3 is 2.53 bits per heavy atom. The zero-order valence-electron chi connectivity index (χ0n) is 8.68. The Labute approximate surface area is 97.3 Å². The van der Waals surface area contributed by atoms with Crippen LogP contribution in [0.4, 0.5) is 0 Å². The van der Waals surface area contributed by atoms with Gasteiger partial charge in [0.25, 0.3) is 0 Å². The average Bonchev–Trinajstić information content (AvgIpc) is 2.61. The quantitative estimate of drug-likeness (QED) is 0.835. The van der Waals surface area contributed by atoms with Crippen molar-refractivity contribution in [3.05, 3.63) is 35.5 Å². The topological polar surface area (TPSA) is 30.7 Å². The summed E-state index contributed by atoms with van der Waals surface area (Å²) in [4.78, 5) is 8.28. The molecule has 0 atom stereocenters. The van der Waals surface area contributed by atoms with Gasteiger partial charge < -0.3 is 4.57 Å². The van der Waals surface area contributed by atoms with Gasteiger partial charge in [-0.3, -0.25) is 4.98 Å². The molecule has 0 radical (unpaired) electrons. The van der Waals surface area contributed by atoms with Crippen molar-refractivity contribution in [1.82, 2.24) is 14.5 Å². The first-order chi connectivity index (χ1) is 7.20. The minimum atomic E-state index is 0.380. The maximum absolute atomic E-state index is 4.27. The SMILES string of the molecule is CC(C)n1c(-c2ccncc2)cnc1Br. The van der Waals surface area contributed by atoms with Gasteiger partial charge in [0.15, 0.2) is 4.73 Å². The molecule has 0 saturated heterocycles. The Morgan fingerprint density at radius 1 is 1.27 bits per heavy atom. The lowest BCUT2D eigenvalue weighted by Gasteiger charge is -2.12. The summed E-state index contributed by atoms with van der Waals surface area (Å²) in [5.41, 5.74) is 2.25. The highest BCUT2D eigenvalue weighted by Crippen LogP contribution is 2.26. The molecule has 2 aromatic rings. The molecule has 0 aliphatic carbocycles. The Morgan fingerprint density at radius 2 is 1.93 bits per heavy atom. The normalized spacial score (nSPS) is 10.9. The first kappa shape index (κ1) is 10.4. The molecule has 0 unspecified atom stereocenters. The molecule has 78 valence electrons. The van der Waals surface area contributed by atoms with E-state index >= 15 is 0 Å². The minimum Gasteiger partial charge on any atom is -0.316 e. The molecule has 0 saturated carbocycles. The summed E-state index contributed by atoms with van der Waals surface area (Å²) in [6.45, 7) is 4.27. The van der Waals surface area contributed by atoms with E-state index in [9.17, 15) is 0 Å². The fraction of sp³-hybridized carbons (Fsp3) is 0.273. The number of hydrogen-bond donors (Lipinski definition) is 0. The predicted molar refractivity (Wildman–Crippen MR) is 63.5 cm³/mol. The van der Waals surface area contributed by atoms with Crippen LogP contribution in [0.15, 0.2) is 35.5 Å². The van der Waals surface area contributed by atoms with Gasteiger partial charge >= 0.3 is 0 Å². The molecule has 0 aliphatic rings. The van der Waals surface area contributed by atoms with Crippen molar-refractivity contribution in [3.63, 3.8) is 0 Å². The van der Waals surface area contributed by atoms with Crippen LogP contribution in [0.25, 0.3) is 11.3 Å².